The highest BCUT2D eigenvalue weighted by Gasteiger charge is 2.32. The van der Waals surface area contributed by atoms with Crippen LogP contribution in [0.3, 0.4) is 0 Å². The van der Waals surface area contributed by atoms with Gasteiger partial charge in [-0.2, -0.15) is 0 Å². The number of hydrogen-bond acceptors (Lipinski definition) is 1. The van der Waals surface area contributed by atoms with Crippen molar-refractivity contribution in [3.05, 3.63) is 0 Å². The van der Waals surface area contributed by atoms with E-state index in [2.05, 4.69) is 12.2 Å². The zero-order chi connectivity index (χ0) is 10.6. The number of halogens is 1. The SMILES string of the molecule is CCC1(CNC(=O)C(C)Cl)CCCC1. The Morgan fingerprint density at radius 2 is 2.07 bits per heavy atom. The molecular formula is C11H20ClNO. The zero-order valence-corrected chi connectivity index (χ0v) is 9.86. The van der Waals surface area contributed by atoms with Crippen LogP contribution in [0.25, 0.3) is 0 Å². The maximum absolute atomic E-state index is 11.3. The molecule has 1 N–H and O–H groups in total. The van der Waals surface area contributed by atoms with E-state index in [1.807, 2.05) is 0 Å². The standard InChI is InChI=1S/C11H20ClNO/c1-3-11(6-4-5-7-11)8-13-10(14)9(2)12/h9H,3-8H2,1-2H3,(H,13,14). The molecule has 1 fully saturated rings. The first-order chi connectivity index (χ1) is 6.59. The van der Waals surface area contributed by atoms with Crippen molar-refractivity contribution in [2.24, 2.45) is 5.41 Å². The molecule has 0 aromatic heterocycles. The van der Waals surface area contributed by atoms with Crippen molar-refractivity contribution in [3.63, 3.8) is 0 Å². The smallest absolute Gasteiger partial charge is 0.237 e. The molecule has 82 valence electrons. The summed E-state index contributed by atoms with van der Waals surface area (Å²) in [5, 5.41) is 2.53. The highest BCUT2D eigenvalue weighted by atomic mass is 35.5. The van der Waals surface area contributed by atoms with Crippen LogP contribution in [0.5, 0.6) is 0 Å². The third-order valence-corrected chi connectivity index (χ3v) is 3.61. The van der Waals surface area contributed by atoms with E-state index in [1.54, 1.807) is 6.92 Å². The van der Waals surface area contributed by atoms with E-state index in [1.165, 1.54) is 25.7 Å². The van der Waals surface area contributed by atoms with Crippen LogP contribution >= 0.6 is 11.6 Å². The minimum Gasteiger partial charge on any atom is -0.354 e. The molecule has 3 heteroatoms. The third kappa shape index (κ3) is 2.88. The van der Waals surface area contributed by atoms with Gasteiger partial charge in [0.1, 0.15) is 5.38 Å². The Morgan fingerprint density at radius 3 is 2.50 bits per heavy atom. The molecule has 1 rings (SSSR count). The van der Waals surface area contributed by atoms with Crippen molar-refractivity contribution in [2.45, 2.75) is 51.3 Å². The molecule has 1 aliphatic carbocycles. The van der Waals surface area contributed by atoms with Crippen molar-refractivity contribution >= 4 is 17.5 Å². The molecule has 0 saturated heterocycles. The van der Waals surface area contributed by atoms with Crippen LogP contribution in [0.2, 0.25) is 0 Å². The molecule has 1 aliphatic rings. The first kappa shape index (κ1) is 11.8. The number of rotatable bonds is 4. The van der Waals surface area contributed by atoms with E-state index >= 15 is 0 Å². The number of nitrogens with one attached hydrogen (secondary N) is 1. The second kappa shape index (κ2) is 5.01. The van der Waals surface area contributed by atoms with Gasteiger partial charge in [0.25, 0.3) is 0 Å². The predicted octanol–water partition coefficient (Wildman–Crippen LogP) is 2.70. The average Bonchev–Trinajstić information content (AvgIpc) is 2.63. The van der Waals surface area contributed by atoms with Gasteiger partial charge in [0.15, 0.2) is 0 Å². The second-order valence-corrected chi connectivity index (χ2v) is 5.05. The van der Waals surface area contributed by atoms with Gasteiger partial charge in [-0.1, -0.05) is 19.8 Å². The Bertz CT molecular complexity index is 197. The summed E-state index contributed by atoms with van der Waals surface area (Å²) < 4.78 is 0. The van der Waals surface area contributed by atoms with Crippen molar-refractivity contribution in [1.82, 2.24) is 5.32 Å². The molecule has 2 nitrogen and oxygen atoms in total. The Hall–Kier alpha value is -0.240. The van der Waals surface area contributed by atoms with Gasteiger partial charge in [-0.05, 0) is 31.6 Å². The van der Waals surface area contributed by atoms with Crippen LogP contribution in [-0.2, 0) is 4.79 Å². The molecule has 0 spiro atoms. The fourth-order valence-corrected chi connectivity index (χ4v) is 2.27. The maximum atomic E-state index is 11.3. The molecule has 0 aromatic carbocycles. The number of carbonyl (C=O) groups excluding carboxylic acids is 1. The van der Waals surface area contributed by atoms with Gasteiger partial charge < -0.3 is 5.32 Å². The normalized spacial score (nSPS) is 21.9. The molecule has 1 saturated carbocycles. The number of hydrogen-bond donors (Lipinski definition) is 1. The molecule has 0 bridgehead atoms. The van der Waals surface area contributed by atoms with Gasteiger partial charge in [-0.25, -0.2) is 0 Å². The lowest BCUT2D eigenvalue weighted by Crippen LogP contribution is -2.38. The predicted molar refractivity (Wildman–Crippen MR) is 59.5 cm³/mol. The summed E-state index contributed by atoms with van der Waals surface area (Å²) in [6.45, 7) is 4.73. The number of amides is 1. The summed E-state index contributed by atoms with van der Waals surface area (Å²) in [7, 11) is 0. The molecule has 0 aliphatic heterocycles. The monoisotopic (exact) mass is 217 g/mol. The average molecular weight is 218 g/mol. The second-order valence-electron chi connectivity index (χ2n) is 4.39. The van der Waals surface area contributed by atoms with Crippen LogP contribution in [0.4, 0.5) is 0 Å². The highest BCUT2D eigenvalue weighted by Crippen LogP contribution is 2.40. The summed E-state index contributed by atoms with van der Waals surface area (Å²) >= 11 is 5.69. The fourth-order valence-electron chi connectivity index (χ4n) is 2.20. The molecule has 0 radical (unpaired) electrons. The largest absolute Gasteiger partial charge is 0.354 e. The van der Waals surface area contributed by atoms with Gasteiger partial charge in [0.2, 0.25) is 5.91 Å². The zero-order valence-electron chi connectivity index (χ0n) is 9.11. The van der Waals surface area contributed by atoms with Crippen molar-refractivity contribution in [3.8, 4) is 0 Å². The molecule has 1 unspecified atom stereocenters. The molecule has 14 heavy (non-hydrogen) atoms. The van der Waals surface area contributed by atoms with E-state index in [-0.39, 0.29) is 5.91 Å². The summed E-state index contributed by atoms with van der Waals surface area (Å²) in [5.74, 6) is -0.0357. The van der Waals surface area contributed by atoms with Crippen LogP contribution in [0, 0.1) is 5.41 Å². The molecular weight excluding hydrogens is 198 g/mol. The van der Waals surface area contributed by atoms with Crippen LogP contribution in [-0.4, -0.2) is 17.8 Å². The van der Waals surface area contributed by atoms with Crippen molar-refractivity contribution < 1.29 is 4.79 Å². The van der Waals surface area contributed by atoms with E-state index in [9.17, 15) is 4.79 Å². The highest BCUT2D eigenvalue weighted by molar-refractivity contribution is 6.30. The minimum absolute atomic E-state index is 0.0357. The van der Waals surface area contributed by atoms with Gasteiger partial charge in [-0.15, -0.1) is 11.6 Å². The van der Waals surface area contributed by atoms with Gasteiger partial charge in [0.05, 0.1) is 0 Å². The van der Waals surface area contributed by atoms with Gasteiger partial charge in [0, 0.05) is 6.54 Å². The summed E-state index contributed by atoms with van der Waals surface area (Å²) in [5.41, 5.74) is 0.363. The number of carbonyl (C=O) groups is 1. The lowest BCUT2D eigenvalue weighted by molar-refractivity contribution is -0.121. The summed E-state index contributed by atoms with van der Waals surface area (Å²) in [6, 6.07) is 0. The van der Waals surface area contributed by atoms with Crippen LogP contribution in [0.15, 0.2) is 0 Å². The van der Waals surface area contributed by atoms with Crippen LogP contribution in [0.1, 0.15) is 46.0 Å². The quantitative estimate of drug-likeness (QED) is 0.721. The lowest BCUT2D eigenvalue weighted by Gasteiger charge is -2.27. The van der Waals surface area contributed by atoms with Crippen LogP contribution < -0.4 is 5.32 Å². The van der Waals surface area contributed by atoms with Gasteiger partial charge >= 0.3 is 0 Å². The van der Waals surface area contributed by atoms with Gasteiger partial charge in [-0.3, -0.25) is 4.79 Å². The van der Waals surface area contributed by atoms with E-state index in [0.717, 1.165) is 13.0 Å². The maximum Gasteiger partial charge on any atom is 0.237 e. The topological polar surface area (TPSA) is 29.1 Å². The lowest BCUT2D eigenvalue weighted by atomic mass is 9.83. The third-order valence-electron chi connectivity index (χ3n) is 3.41. The first-order valence-corrected chi connectivity index (χ1v) is 5.95. The van der Waals surface area contributed by atoms with Crippen molar-refractivity contribution in [2.75, 3.05) is 6.54 Å². The molecule has 0 aromatic rings. The van der Waals surface area contributed by atoms with E-state index < -0.39 is 5.38 Å². The Morgan fingerprint density at radius 1 is 1.50 bits per heavy atom. The Labute approximate surface area is 91.4 Å². The number of alkyl halides is 1. The Kier molecular flexibility index (Phi) is 4.24. The summed E-state index contributed by atoms with van der Waals surface area (Å²) in [4.78, 5) is 11.3. The fraction of sp³-hybridized carbons (Fsp3) is 0.909. The first-order valence-electron chi connectivity index (χ1n) is 5.51. The van der Waals surface area contributed by atoms with E-state index in [0.29, 0.717) is 5.41 Å². The Balaban J connectivity index is 2.38. The molecule has 0 heterocycles. The summed E-state index contributed by atoms with van der Waals surface area (Å²) in [6.07, 6.45) is 6.27. The van der Waals surface area contributed by atoms with Crippen molar-refractivity contribution in [1.29, 1.82) is 0 Å². The molecule has 1 atom stereocenters. The minimum atomic E-state index is -0.412. The van der Waals surface area contributed by atoms with E-state index in [4.69, 9.17) is 11.6 Å². The molecule has 1 amide bonds.